The summed E-state index contributed by atoms with van der Waals surface area (Å²) in [4.78, 5) is 13.5. The van der Waals surface area contributed by atoms with Crippen molar-refractivity contribution in [3.63, 3.8) is 0 Å². The van der Waals surface area contributed by atoms with E-state index >= 15 is 0 Å². The maximum atomic E-state index is 13.4. The molecule has 6 nitrogen and oxygen atoms in total. The van der Waals surface area contributed by atoms with Crippen molar-refractivity contribution in [2.75, 3.05) is 6.26 Å². The van der Waals surface area contributed by atoms with Gasteiger partial charge in [-0.15, -0.1) is 0 Å². The van der Waals surface area contributed by atoms with Crippen LogP contribution in [-0.4, -0.2) is 47.4 Å². The van der Waals surface area contributed by atoms with Gasteiger partial charge in [-0.2, -0.15) is 5.10 Å². The second kappa shape index (κ2) is 8.36. The van der Waals surface area contributed by atoms with Gasteiger partial charge in [0.25, 0.3) is 6.43 Å². The fourth-order valence-electron chi connectivity index (χ4n) is 8.53. The summed E-state index contributed by atoms with van der Waals surface area (Å²) in [6.07, 6.45) is 8.03. The number of aromatic nitrogens is 2. The van der Waals surface area contributed by atoms with Crippen LogP contribution in [-0.2, 0) is 21.2 Å². The monoisotopic (exact) mass is 498 g/mol. The highest BCUT2D eigenvalue weighted by atomic mass is 32.2. The number of halogens is 2. The fourth-order valence-corrected chi connectivity index (χ4v) is 9.08. The Labute approximate surface area is 200 Å². The van der Waals surface area contributed by atoms with E-state index in [9.17, 15) is 27.1 Å². The van der Waals surface area contributed by atoms with Gasteiger partial charge in [-0.1, -0.05) is 6.92 Å². The molecule has 5 rings (SSSR count). The van der Waals surface area contributed by atoms with Crippen LogP contribution in [0.3, 0.4) is 0 Å². The lowest BCUT2D eigenvalue weighted by atomic mass is 9.49. The van der Waals surface area contributed by atoms with Gasteiger partial charge in [-0.05, 0) is 92.8 Å². The highest BCUT2D eigenvalue weighted by molar-refractivity contribution is 7.90. The molecule has 0 spiro atoms. The molecule has 190 valence electrons. The molecule has 1 aromatic rings. The minimum Gasteiger partial charge on any atom is -0.384 e. The molecule has 4 fully saturated rings. The molecular weight excluding hydrogens is 462 g/mol. The van der Waals surface area contributed by atoms with Crippen LogP contribution in [0.4, 0.5) is 8.78 Å². The van der Waals surface area contributed by atoms with Crippen molar-refractivity contribution in [3.8, 4) is 0 Å². The number of sulfone groups is 1. The molecule has 4 aliphatic rings. The molecule has 1 heterocycles. The van der Waals surface area contributed by atoms with E-state index in [1.54, 1.807) is 0 Å². The van der Waals surface area contributed by atoms with Gasteiger partial charge >= 0.3 is 0 Å². The summed E-state index contributed by atoms with van der Waals surface area (Å²) in [6.45, 7) is 2.35. The van der Waals surface area contributed by atoms with Gasteiger partial charge in [0.2, 0.25) is 0 Å². The zero-order chi connectivity index (χ0) is 24.5. The maximum Gasteiger partial charge on any atom is 0.266 e. The first-order valence-corrected chi connectivity index (χ1v) is 14.6. The topological polar surface area (TPSA) is 89.3 Å². The van der Waals surface area contributed by atoms with Gasteiger partial charge in [-0.25, -0.2) is 17.2 Å². The number of carbonyl (C=O) groups excluding carboxylic acids is 1. The van der Waals surface area contributed by atoms with Crippen LogP contribution in [0.2, 0.25) is 0 Å². The maximum absolute atomic E-state index is 13.4. The molecule has 0 radical (unpaired) electrons. The zero-order valence-electron chi connectivity index (χ0n) is 20.0. The summed E-state index contributed by atoms with van der Waals surface area (Å²) < 4.78 is 51.8. The molecule has 1 aromatic heterocycles. The van der Waals surface area contributed by atoms with E-state index in [0.29, 0.717) is 30.1 Å². The number of Topliss-reactive ketones (excluding diaryl/α,β-unsaturated/α-hetero) is 1. The van der Waals surface area contributed by atoms with Gasteiger partial charge in [0.1, 0.15) is 10.5 Å². The van der Waals surface area contributed by atoms with E-state index in [1.807, 2.05) is 0 Å². The highest BCUT2D eigenvalue weighted by Gasteiger charge is 2.59. The predicted octanol–water partition coefficient (Wildman–Crippen LogP) is 4.12. The van der Waals surface area contributed by atoms with E-state index in [-0.39, 0.29) is 47.3 Å². The molecule has 34 heavy (non-hydrogen) atoms. The first-order chi connectivity index (χ1) is 15.9. The smallest absolute Gasteiger partial charge is 0.266 e. The minimum absolute atomic E-state index is 0.0580. The third-order valence-corrected chi connectivity index (χ3v) is 11.3. The van der Waals surface area contributed by atoms with Gasteiger partial charge < -0.3 is 5.11 Å². The van der Waals surface area contributed by atoms with Crippen molar-refractivity contribution < 1.29 is 27.1 Å². The summed E-state index contributed by atoms with van der Waals surface area (Å²) in [6, 6.07) is 0. The normalized spacial score (nSPS) is 42.2. The largest absolute Gasteiger partial charge is 0.384 e. The number of aliphatic hydroxyl groups is 1. The average molecular weight is 499 g/mol. The van der Waals surface area contributed by atoms with Crippen molar-refractivity contribution in [1.29, 1.82) is 0 Å². The van der Waals surface area contributed by atoms with Crippen molar-refractivity contribution in [2.24, 2.45) is 40.9 Å². The van der Waals surface area contributed by atoms with Crippen molar-refractivity contribution >= 4 is 15.6 Å². The Morgan fingerprint density at radius 2 is 1.88 bits per heavy atom. The van der Waals surface area contributed by atoms with E-state index in [1.165, 1.54) is 17.1 Å². The summed E-state index contributed by atoms with van der Waals surface area (Å²) in [5, 5.41) is 14.5. The second-order valence-electron chi connectivity index (χ2n) is 11.9. The fraction of sp³-hybridized carbons (Fsp3) is 0.840. The summed E-state index contributed by atoms with van der Waals surface area (Å²) in [5.41, 5.74) is -1.89. The van der Waals surface area contributed by atoms with E-state index < -0.39 is 21.9 Å². The molecule has 0 aromatic carbocycles. The molecule has 0 saturated heterocycles. The number of nitrogens with zero attached hydrogens (tertiary/aromatic N) is 2. The molecule has 4 saturated carbocycles. The molecule has 0 amide bonds. The van der Waals surface area contributed by atoms with Crippen LogP contribution in [0.25, 0.3) is 0 Å². The summed E-state index contributed by atoms with van der Waals surface area (Å²) in [7, 11) is -3.36. The molecule has 4 aliphatic carbocycles. The lowest BCUT2D eigenvalue weighted by Crippen LogP contribution is -2.53. The lowest BCUT2D eigenvalue weighted by Gasteiger charge is -2.57. The van der Waals surface area contributed by atoms with Crippen LogP contribution < -0.4 is 0 Å². The molecule has 1 N–H and O–H groups in total. The van der Waals surface area contributed by atoms with Gasteiger partial charge in [0.05, 0.1) is 12.7 Å². The summed E-state index contributed by atoms with van der Waals surface area (Å²) in [5.74, 6) is 2.16. The number of hydrogen-bond donors (Lipinski definition) is 1. The molecule has 0 aliphatic heterocycles. The predicted molar refractivity (Wildman–Crippen MR) is 122 cm³/mol. The Hall–Kier alpha value is -1.35. The molecular formula is C25H36F2N2O4S. The van der Waals surface area contributed by atoms with Gasteiger partial charge in [-0.3, -0.25) is 9.48 Å². The van der Waals surface area contributed by atoms with E-state index in [2.05, 4.69) is 12.0 Å². The molecule has 8 unspecified atom stereocenters. The van der Waals surface area contributed by atoms with Crippen LogP contribution in [0.1, 0.15) is 64.7 Å². The first kappa shape index (κ1) is 24.3. The third-order valence-electron chi connectivity index (χ3n) is 10.2. The number of hydrogen-bond acceptors (Lipinski definition) is 5. The average Bonchev–Trinajstić information content (AvgIpc) is 3.37. The summed E-state index contributed by atoms with van der Waals surface area (Å²) >= 11 is 0. The van der Waals surface area contributed by atoms with Crippen molar-refractivity contribution in [1.82, 2.24) is 9.78 Å². The minimum atomic E-state index is -3.36. The number of carbonyl (C=O) groups is 1. The Balaban J connectivity index is 1.28. The zero-order valence-corrected chi connectivity index (χ0v) is 20.8. The number of ketones is 1. The lowest BCUT2D eigenvalue weighted by molar-refractivity contribution is -0.160. The van der Waals surface area contributed by atoms with Gasteiger partial charge in [0, 0.05) is 18.4 Å². The molecule has 0 bridgehead atoms. The Bertz CT molecular complexity index is 1060. The molecule has 9 heteroatoms. The Kier molecular flexibility index (Phi) is 5.98. The van der Waals surface area contributed by atoms with Crippen molar-refractivity contribution in [2.45, 2.75) is 88.2 Å². The van der Waals surface area contributed by atoms with E-state index in [0.717, 1.165) is 44.8 Å². The molecule has 8 atom stereocenters. The Morgan fingerprint density at radius 1 is 1.15 bits per heavy atom. The van der Waals surface area contributed by atoms with E-state index in [4.69, 9.17) is 0 Å². The number of rotatable bonds is 5. The quantitative estimate of drug-likeness (QED) is 0.660. The van der Waals surface area contributed by atoms with Crippen LogP contribution >= 0.6 is 0 Å². The van der Waals surface area contributed by atoms with Crippen LogP contribution in [0.15, 0.2) is 17.3 Å². The SMILES string of the molecule is CC12CCC3C4CCC(O)(C(F)F)CC4CCC3C1CCC2C(=O)Cn1cc(S(C)(=O)=O)cn1. The third kappa shape index (κ3) is 3.94. The van der Waals surface area contributed by atoms with Crippen molar-refractivity contribution in [3.05, 3.63) is 12.4 Å². The first-order valence-electron chi connectivity index (χ1n) is 12.7. The van der Waals surface area contributed by atoms with Crippen LogP contribution in [0, 0.1) is 40.9 Å². The number of fused-ring (bicyclic) bond motifs is 5. The highest BCUT2D eigenvalue weighted by Crippen LogP contribution is 2.65. The van der Waals surface area contributed by atoms with Gasteiger partial charge in [0.15, 0.2) is 15.6 Å². The number of alkyl halides is 2. The Morgan fingerprint density at radius 3 is 2.56 bits per heavy atom. The standard InChI is InChI=1S/C25H36F2N2O4S/c1-24-9-7-18-17-8-10-25(31,23(26)27)11-15(17)3-4-19(18)20(24)5-6-21(24)22(30)14-29-13-16(12-28-29)34(2,32)33/h12-13,15,17-21,23,31H,3-11,14H2,1-2H3. The van der Waals surface area contributed by atoms with Crippen LogP contribution in [0.5, 0.6) is 0 Å². The second-order valence-corrected chi connectivity index (χ2v) is 13.9.